The first-order valence-electron chi connectivity index (χ1n) is 11.7. The van der Waals surface area contributed by atoms with Crippen molar-refractivity contribution in [2.75, 3.05) is 33.2 Å². The molecular formula is C23H33N5O3S. The number of amides is 2. The van der Waals surface area contributed by atoms with E-state index in [2.05, 4.69) is 27.2 Å². The summed E-state index contributed by atoms with van der Waals surface area (Å²) in [5.41, 5.74) is 0.471. The molecule has 1 saturated carbocycles. The molecule has 2 aromatic rings. The number of hydrogen-bond acceptors (Lipinski definition) is 6. The Morgan fingerprint density at radius 1 is 1.22 bits per heavy atom. The second-order valence-electron chi connectivity index (χ2n) is 9.10. The second-order valence-corrected chi connectivity index (χ2v) is 10.1. The van der Waals surface area contributed by atoms with Crippen LogP contribution in [0.15, 0.2) is 11.1 Å². The number of H-pyrrole nitrogens is 1. The maximum absolute atomic E-state index is 13.1. The summed E-state index contributed by atoms with van der Waals surface area (Å²) >= 11 is 1.27. The SMILES string of the molecule is Cc1c(C(=O)N2CCC(C(=O)NCCN(C)C3CCCCC3)CC2)sc2nc[nH]c(=O)c12. The summed E-state index contributed by atoms with van der Waals surface area (Å²) < 4.78 is 0. The molecule has 2 aliphatic rings. The monoisotopic (exact) mass is 459 g/mol. The van der Waals surface area contributed by atoms with Gasteiger partial charge < -0.3 is 20.1 Å². The molecule has 0 aromatic carbocycles. The number of piperidine rings is 1. The van der Waals surface area contributed by atoms with E-state index in [9.17, 15) is 14.4 Å². The van der Waals surface area contributed by atoms with Gasteiger partial charge in [0.2, 0.25) is 5.91 Å². The van der Waals surface area contributed by atoms with E-state index in [-0.39, 0.29) is 23.3 Å². The Morgan fingerprint density at radius 2 is 1.94 bits per heavy atom. The summed E-state index contributed by atoms with van der Waals surface area (Å²) in [6.45, 7) is 4.46. The number of nitrogens with one attached hydrogen (secondary N) is 2. The van der Waals surface area contributed by atoms with Gasteiger partial charge >= 0.3 is 0 Å². The molecule has 2 N–H and O–H groups in total. The van der Waals surface area contributed by atoms with Crippen LogP contribution in [0.5, 0.6) is 0 Å². The van der Waals surface area contributed by atoms with Gasteiger partial charge in [-0.25, -0.2) is 4.98 Å². The van der Waals surface area contributed by atoms with Crippen LogP contribution in [0.4, 0.5) is 0 Å². The molecule has 0 radical (unpaired) electrons. The van der Waals surface area contributed by atoms with Gasteiger partial charge in [-0.2, -0.15) is 0 Å². The van der Waals surface area contributed by atoms with Crippen molar-refractivity contribution in [3.8, 4) is 0 Å². The van der Waals surface area contributed by atoms with Crippen molar-refractivity contribution in [1.82, 2.24) is 25.1 Å². The minimum absolute atomic E-state index is 0.0490. The molecule has 4 rings (SSSR count). The van der Waals surface area contributed by atoms with E-state index in [4.69, 9.17) is 0 Å². The van der Waals surface area contributed by atoms with Crippen LogP contribution in [0.3, 0.4) is 0 Å². The fourth-order valence-corrected chi connectivity index (χ4v) is 6.09. The minimum Gasteiger partial charge on any atom is -0.355 e. The van der Waals surface area contributed by atoms with Gasteiger partial charge in [0.25, 0.3) is 11.5 Å². The molecule has 174 valence electrons. The van der Waals surface area contributed by atoms with Crippen molar-refractivity contribution in [1.29, 1.82) is 0 Å². The number of aromatic nitrogens is 2. The molecule has 0 unspecified atom stereocenters. The van der Waals surface area contributed by atoms with E-state index >= 15 is 0 Å². The quantitative estimate of drug-likeness (QED) is 0.692. The summed E-state index contributed by atoms with van der Waals surface area (Å²) in [7, 11) is 2.16. The van der Waals surface area contributed by atoms with E-state index in [0.29, 0.717) is 59.2 Å². The molecule has 32 heavy (non-hydrogen) atoms. The van der Waals surface area contributed by atoms with E-state index < -0.39 is 0 Å². The largest absolute Gasteiger partial charge is 0.355 e. The number of fused-ring (bicyclic) bond motifs is 1. The number of likely N-dealkylation sites (tertiary alicyclic amines) is 1. The Balaban J connectivity index is 1.26. The van der Waals surface area contributed by atoms with Crippen LogP contribution >= 0.6 is 11.3 Å². The van der Waals surface area contributed by atoms with Gasteiger partial charge in [-0.15, -0.1) is 11.3 Å². The third-order valence-electron chi connectivity index (χ3n) is 7.04. The van der Waals surface area contributed by atoms with E-state index in [1.807, 2.05) is 0 Å². The first-order chi connectivity index (χ1) is 15.5. The topological polar surface area (TPSA) is 98.4 Å². The number of rotatable bonds is 6. The predicted octanol–water partition coefficient (Wildman–Crippen LogP) is 2.53. The molecule has 0 bridgehead atoms. The van der Waals surface area contributed by atoms with Crippen molar-refractivity contribution in [3.05, 3.63) is 27.1 Å². The molecule has 8 nitrogen and oxygen atoms in total. The maximum Gasteiger partial charge on any atom is 0.264 e. The van der Waals surface area contributed by atoms with E-state index in [1.54, 1.807) is 11.8 Å². The zero-order valence-electron chi connectivity index (χ0n) is 19.0. The Labute approximate surface area is 192 Å². The highest BCUT2D eigenvalue weighted by molar-refractivity contribution is 7.20. The number of hydrogen-bond donors (Lipinski definition) is 2. The summed E-state index contributed by atoms with van der Waals surface area (Å²) in [6, 6.07) is 0.651. The lowest BCUT2D eigenvalue weighted by Gasteiger charge is -2.32. The van der Waals surface area contributed by atoms with Crippen molar-refractivity contribution in [2.45, 2.75) is 57.9 Å². The summed E-state index contributed by atoms with van der Waals surface area (Å²) in [5, 5.41) is 3.60. The molecule has 2 amide bonds. The molecular weight excluding hydrogens is 426 g/mol. The first-order valence-corrected chi connectivity index (χ1v) is 12.5. The van der Waals surface area contributed by atoms with Crippen LogP contribution in [0, 0.1) is 12.8 Å². The Kier molecular flexibility index (Phi) is 7.25. The number of aromatic amines is 1. The van der Waals surface area contributed by atoms with Crippen molar-refractivity contribution >= 4 is 33.4 Å². The highest BCUT2D eigenvalue weighted by Gasteiger charge is 2.30. The highest BCUT2D eigenvalue weighted by atomic mass is 32.1. The lowest BCUT2D eigenvalue weighted by Crippen LogP contribution is -2.45. The fourth-order valence-electron chi connectivity index (χ4n) is 4.97. The molecule has 0 spiro atoms. The Hall–Kier alpha value is -2.26. The standard InChI is InChI=1S/C23H33N5O3S/c1-15-18-21(30)25-14-26-22(18)32-19(15)23(31)28-11-8-16(9-12-28)20(29)24-10-13-27(2)17-6-4-3-5-7-17/h14,16-17H,3-13H2,1-2H3,(H,24,29)(H,25,26,30). The van der Waals surface area contributed by atoms with Crippen molar-refractivity contribution < 1.29 is 9.59 Å². The Morgan fingerprint density at radius 3 is 2.62 bits per heavy atom. The molecule has 2 fully saturated rings. The number of nitrogens with zero attached hydrogens (tertiary/aromatic N) is 3. The van der Waals surface area contributed by atoms with E-state index in [1.165, 1.54) is 49.8 Å². The third-order valence-corrected chi connectivity index (χ3v) is 8.23. The van der Waals surface area contributed by atoms with Crippen molar-refractivity contribution in [2.24, 2.45) is 5.92 Å². The van der Waals surface area contributed by atoms with Crippen LogP contribution in [-0.2, 0) is 4.79 Å². The van der Waals surface area contributed by atoms with Crippen LogP contribution in [0.1, 0.15) is 60.2 Å². The highest BCUT2D eigenvalue weighted by Crippen LogP contribution is 2.29. The normalized spacial score (nSPS) is 18.4. The van der Waals surface area contributed by atoms with Crippen LogP contribution in [0.25, 0.3) is 10.2 Å². The molecule has 1 saturated heterocycles. The Bertz CT molecular complexity index is 1020. The van der Waals surface area contributed by atoms with Gasteiger partial charge in [0, 0.05) is 38.1 Å². The fraction of sp³-hybridized carbons (Fsp3) is 0.652. The van der Waals surface area contributed by atoms with E-state index in [0.717, 1.165) is 6.54 Å². The smallest absolute Gasteiger partial charge is 0.264 e. The molecule has 9 heteroatoms. The maximum atomic E-state index is 13.1. The van der Waals surface area contributed by atoms with Crippen LogP contribution < -0.4 is 10.9 Å². The van der Waals surface area contributed by atoms with Gasteiger partial charge in [0.05, 0.1) is 16.6 Å². The average molecular weight is 460 g/mol. The van der Waals surface area contributed by atoms with Gasteiger partial charge in [-0.05, 0) is 45.2 Å². The van der Waals surface area contributed by atoms with Gasteiger partial charge in [0.15, 0.2) is 0 Å². The predicted molar refractivity (Wildman–Crippen MR) is 126 cm³/mol. The minimum atomic E-state index is -0.215. The van der Waals surface area contributed by atoms with Gasteiger partial charge in [-0.3, -0.25) is 14.4 Å². The molecule has 3 heterocycles. The van der Waals surface area contributed by atoms with Gasteiger partial charge in [0.1, 0.15) is 4.83 Å². The molecule has 0 atom stereocenters. The number of carbonyl (C=O) groups excluding carboxylic acids is 2. The lowest BCUT2D eigenvalue weighted by molar-refractivity contribution is -0.126. The number of carbonyl (C=O) groups is 2. The molecule has 2 aromatic heterocycles. The third kappa shape index (κ3) is 4.88. The second kappa shape index (κ2) is 10.1. The molecule has 1 aliphatic carbocycles. The zero-order valence-corrected chi connectivity index (χ0v) is 19.8. The van der Waals surface area contributed by atoms with Crippen LogP contribution in [0.2, 0.25) is 0 Å². The summed E-state index contributed by atoms with van der Waals surface area (Å²) in [4.78, 5) is 49.9. The average Bonchev–Trinajstić information content (AvgIpc) is 3.16. The van der Waals surface area contributed by atoms with Crippen LogP contribution in [-0.4, -0.2) is 70.9 Å². The van der Waals surface area contributed by atoms with Crippen molar-refractivity contribution in [3.63, 3.8) is 0 Å². The van der Waals surface area contributed by atoms with Gasteiger partial charge in [-0.1, -0.05) is 19.3 Å². The first kappa shape index (κ1) is 22.9. The number of likely N-dealkylation sites (N-methyl/N-ethyl adjacent to an activating group) is 1. The number of aryl methyl sites for hydroxylation is 1. The summed E-state index contributed by atoms with van der Waals surface area (Å²) in [6.07, 6.45) is 9.20. The molecule has 1 aliphatic heterocycles. The number of thiophene rings is 1. The summed E-state index contributed by atoms with van der Waals surface area (Å²) in [5.74, 6) is -0.0205. The zero-order chi connectivity index (χ0) is 22.7. The lowest BCUT2D eigenvalue weighted by atomic mass is 9.94.